The zero-order valence-corrected chi connectivity index (χ0v) is 10.1. The van der Waals surface area contributed by atoms with Gasteiger partial charge in [0, 0.05) is 32.6 Å². The van der Waals surface area contributed by atoms with E-state index in [2.05, 4.69) is 4.74 Å². The van der Waals surface area contributed by atoms with Crippen LogP contribution in [0.25, 0.3) is 0 Å². The number of ether oxygens (including phenoxy) is 1. The first-order valence-electron chi connectivity index (χ1n) is 5.79. The van der Waals surface area contributed by atoms with Crippen molar-refractivity contribution in [3.05, 3.63) is 0 Å². The van der Waals surface area contributed by atoms with Crippen LogP contribution in [0.3, 0.4) is 0 Å². The third-order valence-electron chi connectivity index (χ3n) is 2.75. The smallest absolute Gasteiger partial charge is 0.409 e. The highest BCUT2D eigenvalue weighted by Gasteiger charge is 2.21. The molecule has 1 rings (SSSR count). The van der Waals surface area contributed by atoms with E-state index in [-0.39, 0.29) is 12.0 Å². The summed E-state index contributed by atoms with van der Waals surface area (Å²) in [6, 6.07) is 0. The molecule has 0 radical (unpaired) electrons. The molecule has 1 aliphatic heterocycles. The minimum Gasteiger partial charge on any atom is -0.453 e. The summed E-state index contributed by atoms with van der Waals surface area (Å²) in [6.07, 6.45) is 1.99. The van der Waals surface area contributed by atoms with Crippen molar-refractivity contribution in [2.45, 2.75) is 26.2 Å². The Balaban J connectivity index is 2.46. The van der Waals surface area contributed by atoms with Crippen molar-refractivity contribution in [3.63, 3.8) is 0 Å². The molecule has 1 fully saturated rings. The molecule has 0 aliphatic carbocycles. The molecule has 1 saturated heterocycles. The molecule has 2 amide bonds. The Morgan fingerprint density at radius 1 is 1.12 bits per heavy atom. The minimum atomic E-state index is -0.301. The maximum atomic E-state index is 11.7. The highest BCUT2D eigenvalue weighted by atomic mass is 16.5. The summed E-state index contributed by atoms with van der Waals surface area (Å²) in [6.45, 7) is 4.60. The summed E-state index contributed by atoms with van der Waals surface area (Å²) in [5, 5.41) is 0. The van der Waals surface area contributed by atoms with Crippen LogP contribution in [0.1, 0.15) is 26.2 Å². The molecule has 0 atom stereocenters. The quantitative estimate of drug-likeness (QED) is 0.710. The van der Waals surface area contributed by atoms with Gasteiger partial charge in [-0.1, -0.05) is 6.92 Å². The van der Waals surface area contributed by atoms with Crippen molar-refractivity contribution in [1.29, 1.82) is 0 Å². The molecular formula is C11H20N2O3. The van der Waals surface area contributed by atoms with Crippen LogP contribution in [-0.4, -0.2) is 55.1 Å². The fourth-order valence-electron chi connectivity index (χ4n) is 1.85. The predicted octanol–water partition coefficient (Wildman–Crippen LogP) is 1.09. The Kier molecular flexibility index (Phi) is 5.08. The van der Waals surface area contributed by atoms with Crippen molar-refractivity contribution < 1.29 is 14.3 Å². The molecule has 5 nitrogen and oxygen atoms in total. The van der Waals surface area contributed by atoms with Gasteiger partial charge in [-0.25, -0.2) is 4.79 Å². The van der Waals surface area contributed by atoms with Gasteiger partial charge in [0.1, 0.15) is 0 Å². The highest BCUT2D eigenvalue weighted by Crippen LogP contribution is 2.06. The zero-order chi connectivity index (χ0) is 12.0. The number of nitrogens with zero attached hydrogens (tertiary/aromatic N) is 2. The molecule has 0 aromatic carbocycles. The molecule has 0 aromatic heterocycles. The average molecular weight is 228 g/mol. The normalized spacial score (nSPS) is 16.9. The van der Waals surface area contributed by atoms with Gasteiger partial charge >= 0.3 is 6.09 Å². The zero-order valence-electron chi connectivity index (χ0n) is 10.1. The van der Waals surface area contributed by atoms with Gasteiger partial charge in [0.15, 0.2) is 0 Å². The van der Waals surface area contributed by atoms with Crippen LogP contribution in [0.15, 0.2) is 0 Å². The van der Waals surface area contributed by atoms with E-state index >= 15 is 0 Å². The number of methoxy groups -OCH3 is 1. The fourth-order valence-corrected chi connectivity index (χ4v) is 1.85. The van der Waals surface area contributed by atoms with Crippen LogP contribution in [0.5, 0.6) is 0 Å². The summed E-state index contributed by atoms with van der Waals surface area (Å²) in [4.78, 5) is 26.5. The second kappa shape index (κ2) is 6.35. The number of carbonyl (C=O) groups excluding carboxylic acids is 2. The Morgan fingerprint density at radius 3 is 2.38 bits per heavy atom. The summed E-state index contributed by atoms with van der Waals surface area (Å²) >= 11 is 0. The van der Waals surface area contributed by atoms with Gasteiger partial charge in [0.2, 0.25) is 5.91 Å². The van der Waals surface area contributed by atoms with Crippen LogP contribution < -0.4 is 0 Å². The molecule has 1 heterocycles. The first kappa shape index (κ1) is 12.8. The molecule has 1 aliphatic rings. The maximum absolute atomic E-state index is 11.7. The van der Waals surface area contributed by atoms with Gasteiger partial charge < -0.3 is 14.5 Å². The van der Waals surface area contributed by atoms with Gasteiger partial charge in [-0.05, 0) is 12.8 Å². The largest absolute Gasteiger partial charge is 0.453 e. The van der Waals surface area contributed by atoms with Crippen LogP contribution in [0, 0.1) is 0 Å². The maximum Gasteiger partial charge on any atom is 0.409 e. The molecule has 0 N–H and O–H groups in total. The Hall–Kier alpha value is -1.26. The number of hydrogen-bond acceptors (Lipinski definition) is 3. The topological polar surface area (TPSA) is 49.9 Å². The molecule has 16 heavy (non-hydrogen) atoms. The van der Waals surface area contributed by atoms with Crippen molar-refractivity contribution in [1.82, 2.24) is 9.80 Å². The molecule has 0 unspecified atom stereocenters. The van der Waals surface area contributed by atoms with E-state index < -0.39 is 0 Å². The van der Waals surface area contributed by atoms with Crippen LogP contribution in [-0.2, 0) is 9.53 Å². The fraction of sp³-hybridized carbons (Fsp3) is 0.818. The first-order chi connectivity index (χ1) is 7.69. The lowest BCUT2D eigenvalue weighted by atomic mass is 10.3. The first-order valence-corrected chi connectivity index (χ1v) is 5.79. The monoisotopic (exact) mass is 228 g/mol. The van der Waals surface area contributed by atoms with Crippen LogP contribution >= 0.6 is 0 Å². The standard InChI is InChI=1S/C11H20N2O3/c1-3-5-10(14)12-6-4-7-13(9-8-12)11(15)16-2/h3-9H2,1-2H3. The van der Waals surface area contributed by atoms with E-state index in [1.807, 2.05) is 11.8 Å². The molecule has 0 aromatic rings. The molecule has 92 valence electrons. The van der Waals surface area contributed by atoms with Gasteiger partial charge in [-0.3, -0.25) is 4.79 Å². The van der Waals surface area contributed by atoms with Crippen molar-refractivity contribution in [2.24, 2.45) is 0 Å². The highest BCUT2D eigenvalue weighted by molar-refractivity contribution is 5.76. The number of amides is 2. The summed E-state index contributed by atoms with van der Waals surface area (Å²) in [7, 11) is 1.38. The van der Waals surface area contributed by atoms with Gasteiger partial charge in [-0.15, -0.1) is 0 Å². The molecule has 0 bridgehead atoms. The van der Waals surface area contributed by atoms with Crippen LogP contribution in [0.2, 0.25) is 0 Å². The molecule has 0 saturated carbocycles. The summed E-state index contributed by atoms with van der Waals surface area (Å²) < 4.78 is 4.67. The lowest BCUT2D eigenvalue weighted by Crippen LogP contribution is -2.37. The van der Waals surface area contributed by atoms with E-state index in [1.165, 1.54) is 7.11 Å². The molecular weight excluding hydrogens is 208 g/mol. The molecule has 0 spiro atoms. The van der Waals surface area contributed by atoms with Crippen molar-refractivity contribution in [2.75, 3.05) is 33.3 Å². The lowest BCUT2D eigenvalue weighted by Gasteiger charge is -2.21. The van der Waals surface area contributed by atoms with Gasteiger partial charge in [0.25, 0.3) is 0 Å². The van der Waals surface area contributed by atoms with Gasteiger partial charge in [-0.2, -0.15) is 0 Å². The minimum absolute atomic E-state index is 0.189. The third kappa shape index (κ3) is 3.40. The number of rotatable bonds is 2. The Bertz CT molecular complexity index is 256. The summed E-state index contributed by atoms with van der Waals surface area (Å²) in [5.41, 5.74) is 0. The van der Waals surface area contributed by atoms with E-state index in [0.29, 0.717) is 26.1 Å². The third-order valence-corrected chi connectivity index (χ3v) is 2.75. The van der Waals surface area contributed by atoms with E-state index in [1.54, 1.807) is 4.90 Å². The van der Waals surface area contributed by atoms with Crippen LogP contribution in [0.4, 0.5) is 4.79 Å². The van der Waals surface area contributed by atoms with E-state index in [0.717, 1.165) is 19.4 Å². The summed E-state index contributed by atoms with van der Waals surface area (Å²) in [5.74, 6) is 0.189. The molecule has 5 heteroatoms. The second-order valence-corrected chi connectivity index (χ2v) is 3.94. The Labute approximate surface area is 96.3 Å². The average Bonchev–Trinajstić information content (AvgIpc) is 2.53. The van der Waals surface area contributed by atoms with E-state index in [9.17, 15) is 9.59 Å². The second-order valence-electron chi connectivity index (χ2n) is 3.94. The number of hydrogen-bond donors (Lipinski definition) is 0. The van der Waals surface area contributed by atoms with E-state index in [4.69, 9.17) is 0 Å². The van der Waals surface area contributed by atoms with Crippen molar-refractivity contribution in [3.8, 4) is 0 Å². The predicted molar refractivity (Wildman–Crippen MR) is 60.1 cm³/mol. The Morgan fingerprint density at radius 2 is 1.75 bits per heavy atom. The SMILES string of the molecule is CCCC(=O)N1CCCN(C(=O)OC)CC1. The number of carbonyl (C=O) groups is 2. The van der Waals surface area contributed by atoms with Crippen molar-refractivity contribution >= 4 is 12.0 Å². The lowest BCUT2D eigenvalue weighted by molar-refractivity contribution is -0.131. The van der Waals surface area contributed by atoms with Gasteiger partial charge in [0.05, 0.1) is 7.11 Å².